The molecular formula is C17H23BrO4. The number of rotatable bonds is 3. The number of esters is 2. The molecule has 0 heterocycles. The molecule has 0 amide bonds. The van der Waals surface area contributed by atoms with Gasteiger partial charge in [-0.15, -0.1) is 0 Å². The maximum absolute atomic E-state index is 12.8. The normalized spacial score (nSPS) is 36.8. The van der Waals surface area contributed by atoms with Gasteiger partial charge in [-0.25, -0.2) is 0 Å². The number of hydrogen-bond donors (Lipinski definition) is 0. The van der Waals surface area contributed by atoms with Crippen molar-refractivity contribution in [2.45, 2.75) is 38.5 Å². The van der Waals surface area contributed by atoms with Gasteiger partial charge in [0.05, 0.1) is 25.6 Å². The van der Waals surface area contributed by atoms with Gasteiger partial charge in [0.1, 0.15) is 0 Å². The Balaban J connectivity index is 2.19. The largest absolute Gasteiger partial charge is 0.469 e. The van der Waals surface area contributed by atoms with E-state index in [9.17, 15) is 9.59 Å². The third kappa shape index (κ3) is 2.00. The summed E-state index contributed by atoms with van der Waals surface area (Å²) in [6.07, 6.45) is 6.26. The molecule has 122 valence electrons. The zero-order valence-electron chi connectivity index (χ0n) is 13.2. The number of methoxy groups -OCH3 is 2. The standard InChI is InChI=1S/C17H23BrO4/c1-21-15(19)14-12-7-3-5-10(12)11-6-4-8-13(11)17(14,9-18)16(20)22-2/h12-14H,3-9H2,1-2H3/t12-,13+,14-,17+/m0/s1. The molecule has 3 aliphatic rings. The molecule has 2 saturated carbocycles. The highest BCUT2D eigenvalue weighted by Gasteiger charge is 2.63. The van der Waals surface area contributed by atoms with E-state index >= 15 is 0 Å². The summed E-state index contributed by atoms with van der Waals surface area (Å²) in [6.45, 7) is 0. The van der Waals surface area contributed by atoms with E-state index in [1.807, 2.05) is 0 Å². The predicted octanol–water partition coefficient (Wildman–Crippen LogP) is 3.24. The maximum Gasteiger partial charge on any atom is 0.314 e. The van der Waals surface area contributed by atoms with Crippen LogP contribution in [0.4, 0.5) is 0 Å². The van der Waals surface area contributed by atoms with Crippen LogP contribution in [-0.4, -0.2) is 31.5 Å². The lowest BCUT2D eigenvalue weighted by atomic mass is 9.56. The molecule has 0 aliphatic heterocycles. The van der Waals surface area contributed by atoms with Crippen LogP contribution in [-0.2, 0) is 19.1 Å². The molecule has 3 rings (SSSR count). The van der Waals surface area contributed by atoms with Crippen LogP contribution in [0.3, 0.4) is 0 Å². The molecule has 0 N–H and O–H groups in total. The summed E-state index contributed by atoms with van der Waals surface area (Å²) in [4.78, 5) is 25.4. The van der Waals surface area contributed by atoms with Crippen LogP contribution < -0.4 is 0 Å². The van der Waals surface area contributed by atoms with E-state index in [-0.39, 0.29) is 23.8 Å². The van der Waals surface area contributed by atoms with Gasteiger partial charge in [-0.3, -0.25) is 9.59 Å². The molecule has 5 heteroatoms. The molecule has 4 nitrogen and oxygen atoms in total. The fourth-order valence-corrected chi connectivity index (χ4v) is 6.17. The first-order valence-corrected chi connectivity index (χ1v) is 9.18. The lowest BCUT2D eigenvalue weighted by Crippen LogP contribution is -2.55. The molecule has 0 spiro atoms. The zero-order valence-corrected chi connectivity index (χ0v) is 14.8. The Labute approximate surface area is 139 Å². The van der Waals surface area contributed by atoms with Crippen molar-refractivity contribution in [3.63, 3.8) is 0 Å². The highest BCUT2D eigenvalue weighted by molar-refractivity contribution is 9.09. The summed E-state index contributed by atoms with van der Waals surface area (Å²) in [5.41, 5.74) is 2.07. The van der Waals surface area contributed by atoms with Crippen LogP contribution in [0.5, 0.6) is 0 Å². The lowest BCUT2D eigenvalue weighted by molar-refractivity contribution is -0.171. The summed E-state index contributed by atoms with van der Waals surface area (Å²) < 4.78 is 10.3. The van der Waals surface area contributed by atoms with E-state index in [1.165, 1.54) is 25.4 Å². The minimum Gasteiger partial charge on any atom is -0.469 e. The monoisotopic (exact) mass is 370 g/mol. The van der Waals surface area contributed by atoms with Crippen molar-refractivity contribution in [1.82, 2.24) is 0 Å². The summed E-state index contributed by atoms with van der Waals surface area (Å²) >= 11 is 3.55. The zero-order chi connectivity index (χ0) is 15.9. The Morgan fingerprint density at radius 2 is 1.82 bits per heavy atom. The number of ether oxygens (including phenoxy) is 2. The van der Waals surface area contributed by atoms with Crippen LogP contribution in [0.1, 0.15) is 38.5 Å². The van der Waals surface area contributed by atoms with Crippen LogP contribution in [0.25, 0.3) is 0 Å². The molecule has 0 radical (unpaired) electrons. The highest BCUT2D eigenvalue weighted by atomic mass is 79.9. The molecule has 0 aromatic carbocycles. The Kier molecular flexibility index (Phi) is 4.36. The van der Waals surface area contributed by atoms with E-state index in [2.05, 4.69) is 15.9 Å². The van der Waals surface area contributed by atoms with E-state index in [4.69, 9.17) is 9.47 Å². The quantitative estimate of drug-likeness (QED) is 0.434. The first-order chi connectivity index (χ1) is 10.6. The van der Waals surface area contributed by atoms with Crippen molar-refractivity contribution in [3.05, 3.63) is 11.1 Å². The van der Waals surface area contributed by atoms with Crippen molar-refractivity contribution >= 4 is 27.9 Å². The van der Waals surface area contributed by atoms with E-state index in [1.54, 1.807) is 0 Å². The molecule has 0 unspecified atom stereocenters. The van der Waals surface area contributed by atoms with Crippen molar-refractivity contribution in [2.24, 2.45) is 23.2 Å². The summed E-state index contributed by atoms with van der Waals surface area (Å²) in [6, 6.07) is 0. The second-order valence-corrected chi connectivity index (χ2v) is 7.22. The van der Waals surface area contributed by atoms with Crippen LogP contribution in [0, 0.1) is 23.2 Å². The molecule has 0 aromatic heterocycles. The SMILES string of the molecule is COC(=O)[C@@H]1[C@H]2CCCC2=C2CCC[C@H]2[C@@]1(CBr)C(=O)OC. The van der Waals surface area contributed by atoms with Gasteiger partial charge in [0, 0.05) is 5.33 Å². The number of halogens is 1. The van der Waals surface area contributed by atoms with Gasteiger partial charge in [-0.05, 0) is 50.4 Å². The minimum absolute atomic E-state index is 0.118. The lowest BCUT2D eigenvalue weighted by Gasteiger charge is -2.47. The number of fused-ring (bicyclic) bond motifs is 2. The molecule has 0 bridgehead atoms. The summed E-state index contributed by atoms with van der Waals surface area (Å²) in [5.74, 6) is -0.690. The van der Waals surface area contributed by atoms with Gasteiger partial charge in [0.2, 0.25) is 0 Å². The van der Waals surface area contributed by atoms with Gasteiger partial charge in [-0.1, -0.05) is 27.1 Å². The van der Waals surface area contributed by atoms with Crippen molar-refractivity contribution < 1.29 is 19.1 Å². The molecule has 0 aromatic rings. The summed E-state index contributed by atoms with van der Waals surface area (Å²) in [5, 5.41) is 0.449. The Morgan fingerprint density at radius 3 is 2.45 bits per heavy atom. The van der Waals surface area contributed by atoms with Gasteiger partial charge in [0.15, 0.2) is 0 Å². The van der Waals surface area contributed by atoms with E-state index in [0.717, 1.165) is 38.5 Å². The molecule has 2 fully saturated rings. The Bertz CT molecular complexity index is 527. The molecule has 0 saturated heterocycles. The average Bonchev–Trinajstić information content (AvgIpc) is 3.20. The highest BCUT2D eigenvalue weighted by Crippen LogP contribution is 2.61. The molecule has 22 heavy (non-hydrogen) atoms. The third-order valence-corrected chi connectivity index (χ3v) is 6.93. The fourth-order valence-electron chi connectivity index (χ4n) is 5.20. The van der Waals surface area contributed by atoms with Gasteiger partial charge in [0.25, 0.3) is 0 Å². The van der Waals surface area contributed by atoms with Crippen molar-refractivity contribution in [1.29, 1.82) is 0 Å². The van der Waals surface area contributed by atoms with Crippen LogP contribution in [0.2, 0.25) is 0 Å². The predicted molar refractivity (Wildman–Crippen MR) is 85.5 cm³/mol. The fraction of sp³-hybridized carbons (Fsp3) is 0.765. The van der Waals surface area contributed by atoms with Crippen molar-refractivity contribution in [2.75, 3.05) is 19.5 Å². The molecular weight excluding hydrogens is 348 g/mol. The average molecular weight is 371 g/mol. The number of carbonyl (C=O) groups excluding carboxylic acids is 2. The second kappa shape index (κ2) is 5.99. The molecule has 4 atom stereocenters. The second-order valence-electron chi connectivity index (χ2n) is 6.66. The maximum atomic E-state index is 12.8. The van der Waals surface area contributed by atoms with Gasteiger partial charge >= 0.3 is 11.9 Å². The number of hydrogen-bond acceptors (Lipinski definition) is 4. The van der Waals surface area contributed by atoms with E-state index < -0.39 is 11.3 Å². The Morgan fingerprint density at radius 1 is 1.14 bits per heavy atom. The minimum atomic E-state index is -0.813. The van der Waals surface area contributed by atoms with Gasteiger partial charge < -0.3 is 9.47 Å². The molecule has 3 aliphatic carbocycles. The Hall–Kier alpha value is -0.840. The number of alkyl halides is 1. The number of carbonyl (C=O) groups is 2. The van der Waals surface area contributed by atoms with Crippen LogP contribution >= 0.6 is 15.9 Å². The van der Waals surface area contributed by atoms with Crippen molar-refractivity contribution in [3.8, 4) is 0 Å². The topological polar surface area (TPSA) is 52.6 Å². The third-order valence-electron chi connectivity index (χ3n) is 6.00. The smallest absolute Gasteiger partial charge is 0.314 e. The number of allylic oxidation sites excluding steroid dienone is 2. The van der Waals surface area contributed by atoms with Gasteiger partial charge in [-0.2, -0.15) is 0 Å². The van der Waals surface area contributed by atoms with E-state index in [0.29, 0.717) is 5.33 Å². The summed E-state index contributed by atoms with van der Waals surface area (Å²) in [7, 11) is 2.84. The first-order valence-electron chi connectivity index (χ1n) is 8.05. The first kappa shape index (κ1) is 16.0. The van der Waals surface area contributed by atoms with Crippen LogP contribution in [0.15, 0.2) is 11.1 Å².